The maximum atomic E-state index is 13.9. The topological polar surface area (TPSA) is 41.9 Å². The molecule has 0 bridgehead atoms. The van der Waals surface area contributed by atoms with Gasteiger partial charge >= 0.3 is 0 Å². The van der Waals surface area contributed by atoms with Gasteiger partial charge in [-0.25, -0.2) is 4.39 Å². The smallest absolute Gasteiger partial charge is 0.176 e. The number of para-hydroxylation sites is 1. The van der Waals surface area contributed by atoms with E-state index in [1.165, 1.54) is 10.7 Å². The lowest BCUT2D eigenvalue weighted by Crippen LogP contribution is -2.20. The Balaban J connectivity index is 1.72. The molecule has 2 aromatic carbocycles. The Hall–Kier alpha value is -2.15. The zero-order valence-corrected chi connectivity index (χ0v) is 16.1. The largest absolute Gasteiger partial charge is 0.332 e. The van der Waals surface area contributed by atoms with Crippen molar-refractivity contribution in [1.29, 1.82) is 0 Å². The molecule has 3 rings (SSSR count). The lowest BCUT2D eigenvalue weighted by molar-refractivity contribution is 0.586. The average molecular weight is 409 g/mol. The van der Waals surface area contributed by atoms with Gasteiger partial charge in [0.25, 0.3) is 0 Å². The maximum absolute atomic E-state index is 13.9. The third kappa shape index (κ3) is 4.33. The predicted octanol–water partition coefficient (Wildman–Crippen LogP) is 5.49. The number of nitrogens with one attached hydrogen (secondary N) is 2. The number of halogens is 3. The van der Waals surface area contributed by atoms with Crippen molar-refractivity contribution in [3.05, 3.63) is 75.7 Å². The summed E-state index contributed by atoms with van der Waals surface area (Å²) in [6.07, 6.45) is 1.59. The molecule has 0 saturated heterocycles. The highest BCUT2D eigenvalue weighted by Gasteiger charge is 2.13. The first-order valence-electron chi connectivity index (χ1n) is 7.73. The molecule has 0 unspecified atom stereocenters. The number of nitrogens with zero attached hydrogens (tertiary/aromatic N) is 2. The van der Waals surface area contributed by atoms with Crippen LogP contribution in [0.5, 0.6) is 0 Å². The molecule has 0 spiro atoms. The molecule has 2 N–H and O–H groups in total. The molecule has 0 saturated carbocycles. The van der Waals surface area contributed by atoms with Gasteiger partial charge in [0.05, 0.1) is 6.54 Å². The van der Waals surface area contributed by atoms with E-state index in [9.17, 15) is 4.39 Å². The van der Waals surface area contributed by atoms with E-state index in [0.29, 0.717) is 26.5 Å². The fourth-order valence-corrected chi connectivity index (χ4v) is 3.01. The number of aryl methyl sites for hydroxylation is 1. The fraction of sp³-hybridized carbons (Fsp3) is 0.111. The van der Waals surface area contributed by atoms with Gasteiger partial charge in [0.15, 0.2) is 10.9 Å². The summed E-state index contributed by atoms with van der Waals surface area (Å²) in [5, 5.41) is 11.4. The summed E-state index contributed by atoms with van der Waals surface area (Å²) in [7, 11) is 0. The Kier molecular flexibility index (Phi) is 5.76. The molecule has 0 aliphatic carbocycles. The van der Waals surface area contributed by atoms with Crippen LogP contribution in [0.1, 0.15) is 11.1 Å². The maximum Gasteiger partial charge on any atom is 0.176 e. The standard InChI is InChI=1S/C18H15Cl2FN4S/c1-11-5-2-3-8-16(11)22-18(26)23-17-14(20)10-25(24-17)9-12-13(19)6-4-7-15(12)21/h2-8,10H,9H2,1H3,(H2,22,23,24,26). The molecular weight excluding hydrogens is 394 g/mol. The Bertz CT molecular complexity index is 938. The van der Waals surface area contributed by atoms with Gasteiger partial charge in [0.1, 0.15) is 10.8 Å². The minimum Gasteiger partial charge on any atom is -0.332 e. The van der Waals surface area contributed by atoms with Crippen molar-refractivity contribution in [2.24, 2.45) is 0 Å². The molecular formula is C18H15Cl2FN4S. The van der Waals surface area contributed by atoms with Crippen molar-refractivity contribution >= 4 is 52.0 Å². The molecule has 3 aromatic rings. The fourth-order valence-electron chi connectivity index (χ4n) is 2.38. The molecule has 0 aliphatic rings. The number of hydrogen-bond donors (Lipinski definition) is 2. The molecule has 1 aromatic heterocycles. The first-order valence-corrected chi connectivity index (χ1v) is 8.90. The van der Waals surface area contributed by atoms with Crippen molar-refractivity contribution in [1.82, 2.24) is 9.78 Å². The van der Waals surface area contributed by atoms with Crippen molar-refractivity contribution in [2.75, 3.05) is 10.6 Å². The lowest BCUT2D eigenvalue weighted by atomic mass is 10.2. The number of hydrogen-bond acceptors (Lipinski definition) is 2. The zero-order chi connectivity index (χ0) is 18.7. The van der Waals surface area contributed by atoms with Crippen molar-refractivity contribution in [3.63, 3.8) is 0 Å². The van der Waals surface area contributed by atoms with E-state index in [0.717, 1.165) is 11.3 Å². The minimum atomic E-state index is -0.393. The highest BCUT2D eigenvalue weighted by atomic mass is 35.5. The van der Waals surface area contributed by atoms with E-state index in [4.69, 9.17) is 35.4 Å². The predicted molar refractivity (Wildman–Crippen MR) is 109 cm³/mol. The molecule has 0 atom stereocenters. The van der Waals surface area contributed by atoms with E-state index in [1.54, 1.807) is 18.3 Å². The van der Waals surface area contributed by atoms with Crippen LogP contribution in [-0.4, -0.2) is 14.9 Å². The van der Waals surface area contributed by atoms with Crippen molar-refractivity contribution in [2.45, 2.75) is 13.5 Å². The SMILES string of the molecule is Cc1ccccc1NC(=S)Nc1nn(Cc2c(F)cccc2Cl)cc1Cl. The third-order valence-corrected chi connectivity index (χ3v) is 4.56. The molecule has 1 heterocycles. The number of benzene rings is 2. The summed E-state index contributed by atoms with van der Waals surface area (Å²) in [6, 6.07) is 12.3. The number of thiocarbonyl (C=S) groups is 1. The Morgan fingerprint density at radius 3 is 2.62 bits per heavy atom. The summed E-state index contributed by atoms with van der Waals surface area (Å²) >= 11 is 17.6. The molecule has 4 nitrogen and oxygen atoms in total. The molecule has 0 fully saturated rings. The van der Waals surface area contributed by atoms with Gasteiger partial charge < -0.3 is 10.6 Å². The monoisotopic (exact) mass is 408 g/mol. The zero-order valence-electron chi connectivity index (χ0n) is 13.8. The number of aromatic nitrogens is 2. The first kappa shape index (κ1) is 18.6. The van der Waals surface area contributed by atoms with Gasteiger partial charge in [-0.15, -0.1) is 0 Å². The third-order valence-electron chi connectivity index (χ3n) is 3.72. The second kappa shape index (κ2) is 8.03. The molecule has 26 heavy (non-hydrogen) atoms. The van der Waals surface area contributed by atoms with Crippen LogP contribution in [0, 0.1) is 12.7 Å². The summed E-state index contributed by atoms with van der Waals surface area (Å²) in [5.74, 6) is -0.0133. The van der Waals surface area contributed by atoms with Gasteiger partial charge in [-0.1, -0.05) is 47.5 Å². The minimum absolute atomic E-state index is 0.158. The summed E-state index contributed by atoms with van der Waals surface area (Å²) in [4.78, 5) is 0. The Morgan fingerprint density at radius 1 is 1.12 bits per heavy atom. The second-order valence-corrected chi connectivity index (χ2v) is 6.84. The van der Waals surface area contributed by atoms with Crippen LogP contribution in [0.3, 0.4) is 0 Å². The first-order chi connectivity index (χ1) is 12.4. The second-order valence-electron chi connectivity index (χ2n) is 5.62. The highest BCUT2D eigenvalue weighted by molar-refractivity contribution is 7.80. The van der Waals surface area contributed by atoms with Gasteiger partial charge in [-0.3, -0.25) is 4.68 Å². The summed E-state index contributed by atoms with van der Waals surface area (Å²) in [6.45, 7) is 2.13. The average Bonchev–Trinajstić information content (AvgIpc) is 2.93. The van der Waals surface area contributed by atoms with Crippen LogP contribution in [-0.2, 0) is 6.54 Å². The van der Waals surface area contributed by atoms with E-state index in [-0.39, 0.29) is 6.54 Å². The quantitative estimate of drug-likeness (QED) is 0.559. The van der Waals surface area contributed by atoms with E-state index in [2.05, 4.69) is 15.7 Å². The van der Waals surface area contributed by atoms with Gasteiger partial charge in [0, 0.05) is 22.5 Å². The lowest BCUT2D eigenvalue weighted by Gasteiger charge is -2.11. The molecule has 134 valence electrons. The van der Waals surface area contributed by atoms with E-state index < -0.39 is 5.82 Å². The summed E-state index contributed by atoms with van der Waals surface area (Å²) < 4.78 is 15.4. The van der Waals surface area contributed by atoms with E-state index in [1.807, 2.05) is 31.2 Å². The van der Waals surface area contributed by atoms with Crippen LogP contribution in [0.25, 0.3) is 0 Å². The molecule has 0 radical (unpaired) electrons. The normalized spacial score (nSPS) is 10.6. The molecule has 0 amide bonds. The number of anilines is 2. The molecule has 0 aliphatic heterocycles. The number of rotatable bonds is 4. The molecule has 8 heteroatoms. The van der Waals surface area contributed by atoms with Gasteiger partial charge in [-0.05, 0) is 42.9 Å². The Morgan fingerprint density at radius 2 is 1.88 bits per heavy atom. The Labute approximate surface area is 165 Å². The van der Waals surface area contributed by atoms with Crippen LogP contribution in [0.4, 0.5) is 15.9 Å². The van der Waals surface area contributed by atoms with Gasteiger partial charge in [-0.2, -0.15) is 5.10 Å². The van der Waals surface area contributed by atoms with Gasteiger partial charge in [0.2, 0.25) is 0 Å². The van der Waals surface area contributed by atoms with Crippen LogP contribution < -0.4 is 10.6 Å². The van der Waals surface area contributed by atoms with Crippen LogP contribution in [0.15, 0.2) is 48.7 Å². The summed E-state index contributed by atoms with van der Waals surface area (Å²) in [5.41, 5.74) is 2.29. The van der Waals surface area contributed by atoms with E-state index >= 15 is 0 Å². The van der Waals surface area contributed by atoms with Crippen molar-refractivity contribution in [3.8, 4) is 0 Å². The van der Waals surface area contributed by atoms with Crippen LogP contribution in [0.2, 0.25) is 10.0 Å². The van der Waals surface area contributed by atoms with Crippen LogP contribution >= 0.6 is 35.4 Å². The highest BCUT2D eigenvalue weighted by Crippen LogP contribution is 2.24. The van der Waals surface area contributed by atoms with Crippen molar-refractivity contribution < 1.29 is 4.39 Å².